The minimum Gasteiger partial charge on any atom is -0.347 e. The van der Waals surface area contributed by atoms with Crippen molar-refractivity contribution in [3.8, 4) is 0 Å². The number of halogens is 1. The van der Waals surface area contributed by atoms with Gasteiger partial charge in [0.1, 0.15) is 11.0 Å². The molecule has 20 heavy (non-hydrogen) atoms. The molecule has 0 unspecified atom stereocenters. The van der Waals surface area contributed by atoms with Crippen LogP contribution >= 0.6 is 22.9 Å². The third-order valence-corrected chi connectivity index (χ3v) is 4.12. The van der Waals surface area contributed by atoms with Gasteiger partial charge in [-0.15, -0.1) is 11.3 Å². The van der Waals surface area contributed by atoms with Crippen LogP contribution in [0.1, 0.15) is 27.0 Å². The molecule has 2 aromatic heterocycles. The molecule has 2 aromatic rings. The van der Waals surface area contributed by atoms with E-state index in [1.807, 2.05) is 6.07 Å². The van der Waals surface area contributed by atoms with Crippen LogP contribution in [0.2, 0.25) is 5.15 Å². The molecule has 1 amide bonds. The lowest BCUT2D eigenvalue weighted by Crippen LogP contribution is -2.23. The Labute approximate surface area is 126 Å². The quantitative estimate of drug-likeness (QED) is 0.450. The number of carbonyl (C=O) groups excluding carboxylic acids is 1. The van der Waals surface area contributed by atoms with E-state index >= 15 is 0 Å². The zero-order valence-electron chi connectivity index (χ0n) is 10.9. The number of pyridine rings is 1. The van der Waals surface area contributed by atoms with Crippen LogP contribution < -0.4 is 16.6 Å². The first kappa shape index (κ1) is 14.8. The van der Waals surface area contributed by atoms with Crippen LogP contribution in [0.25, 0.3) is 0 Å². The summed E-state index contributed by atoms with van der Waals surface area (Å²) in [4.78, 5) is 18.4. The largest absolute Gasteiger partial charge is 0.347 e. The van der Waals surface area contributed by atoms with E-state index < -0.39 is 0 Å². The molecule has 0 aliphatic heterocycles. The van der Waals surface area contributed by atoms with Gasteiger partial charge in [0, 0.05) is 15.3 Å². The minimum absolute atomic E-state index is 0.211. The molecule has 0 atom stereocenters. The maximum atomic E-state index is 12.1. The molecule has 0 aromatic carbocycles. The van der Waals surface area contributed by atoms with Crippen LogP contribution in [0.15, 0.2) is 24.3 Å². The Balaban J connectivity index is 2.02. The first-order valence-corrected chi connectivity index (χ1v) is 7.31. The van der Waals surface area contributed by atoms with Crippen molar-refractivity contribution in [3.05, 3.63) is 44.7 Å². The Kier molecular flexibility index (Phi) is 4.94. The van der Waals surface area contributed by atoms with Crippen molar-refractivity contribution in [2.24, 2.45) is 5.84 Å². The second kappa shape index (κ2) is 6.69. The molecule has 4 N–H and O–H groups in total. The van der Waals surface area contributed by atoms with Gasteiger partial charge < -0.3 is 10.7 Å². The number of hydrogen-bond acceptors (Lipinski definition) is 5. The van der Waals surface area contributed by atoms with Gasteiger partial charge >= 0.3 is 0 Å². The number of carbonyl (C=O) groups is 1. The van der Waals surface area contributed by atoms with Gasteiger partial charge in [0.15, 0.2) is 0 Å². The molecular weight excluding hydrogens is 296 g/mol. The standard InChI is InChI=1S/C13H15ClN4OS/c1-2-9-3-4-10(20-9)7-16-13(19)8-5-11(14)17-12(6-8)18-15/h3-6H,2,7,15H2,1H3,(H,16,19)(H,17,18). The Morgan fingerprint density at radius 3 is 2.80 bits per heavy atom. The number of aryl methyl sites for hydroxylation is 1. The van der Waals surface area contributed by atoms with Crippen LogP contribution in [-0.4, -0.2) is 10.9 Å². The smallest absolute Gasteiger partial charge is 0.251 e. The van der Waals surface area contributed by atoms with Gasteiger partial charge in [0.2, 0.25) is 0 Å². The third kappa shape index (κ3) is 3.69. The first-order valence-electron chi connectivity index (χ1n) is 6.12. The fourth-order valence-corrected chi connectivity index (χ4v) is 2.78. The molecule has 0 aliphatic carbocycles. The van der Waals surface area contributed by atoms with E-state index in [1.54, 1.807) is 17.4 Å². The highest BCUT2D eigenvalue weighted by atomic mass is 35.5. The van der Waals surface area contributed by atoms with E-state index in [0.717, 1.165) is 11.3 Å². The van der Waals surface area contributed by atoms with Crippen molar-refractivity contribution < 1.29 is 4.79 Å². The second-order valence-corrected chi connectivity index (χ2v) is 5.75. The zero-order valence-corrected chi connectivity index (χ0v) is 12.5. The second-order valence-electron chi connectivity index (χ2n) is 4.11. The molecule has 0 fully saturated rings. The number of hydrogen-bond donors (Lipinski definition) is 3. The fraction of sp³-hybridized carbons (Fsp3) is 0.231. The van der Waals surface area contributed by atoms with Crippen LogP contribution in [0.3, 0.4) is 0 Å². The maximum Gasteiger partial charge on any atom is 0.251 e. The van der Waals surface area contributed by atoms with Gasteiger partial charge in [-0.3, -0.25) is 4.79 Å². The molecule has 0 saturated carbocycles. The van der Waals surface area contributed by atoms with Crippen LogP contribution in [0.4, 0.5) is 5.82 Å². The first-order chi connectivity index (χ1) is 9.62. The van der Waals surface area contributed by atoms with E-state index in [9.17, 15) is 4.79 Å². The predicted octanol–water partition coefficient (Wildman–Crippen LogP) is 2.57. The molecule has 2 heterocycles. The number of nitrogens with zero attached hydrogens (tertiary/aromatic N) is 1. The summed E-state index contributed by atoms with van der Waals surface area (Å²) in [7, 11) is 0. The Morgan fingerprint density at radius 2 is 2.15 bits per heavy atom. The number of thiophene rings is 1. The summed E-state index contributed by atoms with van der Waals surface area (Å²) >= 11 is 7.52. The van der Waals surface area contributed by atoms with E-state index in [4.69, 9.17) is 17.4 Å². The van der Waals surface area contributed by atoms with Crippen molar-refractivity contribution in [1.82, 2.24) is 10.3 Å². The monoisotopic (exact) mass is 310 g/mol. The topological polar surface area (TPSA) is 80.0 Å². The molecule has 7 heteroatoms. The van der Waals surface area contributed by atoms with Crippen molar-refractivity contribution in [2.75, 3.05) is 5.43 Å². The molecule has 106 valence electrons. The Bertz CT molecular complexity index is 614. The summed E-state index contributed by atoms with van der Waals surface area (Å²) in [6.07, 6.45) is 1.00. The molecule has 0 spiro atoms. The number of rotatable bonds is 5. The summed E-state index contributed by atoms with van der Waals surface area (Å²) in [5, 5.41) is 3.07. The van der Waals surface area contributed by atoms with Gasteiger partial charge in [0.25, 0.3) is 5.91 Å². The van der Waals surface area contributed by atoms with E-state index in [1.165, 1.54) is 10.9 Å². The number of nitrogen functional groups attached to an aromatic ring is 1. The number of hydrazine groups is 1. The molecular formula is C13H15ClN4OS. The molecule has 0 radical (unpaired) electrons. The lowest BCUT2D eigenvalue weighted by molar-refractivity contribution is 0.0951. The summed E-state index contributed by atoms with van der Waals surface area (Å²) in [5.74, 6) is 5.41. The molecule has 5 nitrogen and oxygen atoms in total. The van der Waals surface area contributed by atoms with Gasteiger partial charge in [-0.1, -0.05) is 18.5 Å². The van der Waals surface area contributed by atoms with Gasteiger partial charge in [-0.2, -0.15) is 0 Å². The number of amides is 1. The normalized spacial score (nSPS) is 10.3. The SMILES string of the molecule is CCc1ccc(CNC(=O)c2cc(Cl)nc(NN)c2)s1. The number of anilines is 1. The van der Waals surface area contributed by atoms with Crippen molar-refractivity contribution in [2.45, 2.75) is 19.9 Å². The van der Waals surface area contributed by atoms with Crippen molar-refractivity contribution in [3.63, 3.8) is 0 Å². The summed E-state index contributed by atoms with van der Waals surface area (Å²) < 4.78 is 0. The molecule has 0 saturated heterocycles. The lowest BCUT2D eigenvalue weighted by atomic mass is 10.2. The van der Waals surface area contributed by atoms with Crippen LogP contribution in [-0.2, 0) is 13.0 Å². The van der Waals surface area contributed by atoms with Crippen molar-refractivity contribution in [1.29, 1.82) is 0 Å². The summed E-state index contributed by atoms with van der Waals surface area (Å²) in [6.45, 7) is 2.60. The van der Waals surface area contributed by atoms with Gasteiger partial charge in [-0.25, -0.2) is 10.8 Å². The Morgan fingerprint density at radius 1 is 1.40 bits per heavy atom. The minimum atomic E-state index is -0.211. The molecule has 2 rings (SSSR count). The molecule has 0 aliphatic rings. The zero-order chi connectivity index (χ0) is 14.5. The highest BCUT2D eigenvalue weighted by Crippen LogP contribution is 2.17. The fourth-order valence-electron chi connectivity index (χ4n) is 1.68. The van der Waals surface area contributed by atoms with Crippen LogP contribution in [0.5, 0.6) is 0 Å². The summed E-state index contributed by atoms with van der Waals surface area (Å²) in [6, 6.07) is 7.15. The highest BCUT2D eigenvalue weighted by molar-refractivity contribution is 7.11. The van der Waals surface area contributed by atoms with Crippen molar-refractivity contribution >= 4 is 34.7 Å². The van der Waals surface area contributed by atoms with E-state index in [2.05, 4.69) is 28.7 Å². The third-order valence-electron chi connectivity index (χ3n) is 2.69. The number of nitrogens with two attached hydrogens (primary N) is 1. The highest BCUT2D eigenvalue weighted by Gasteiger charge is 2.09. The number of aromatic nitrogens is 1. The van der Waals surface area contributed by atoms with Crippen LogP contribution in [0, 0.1) is 0 Å². The van der Waals surface area contributed by atoms with E-state index in [0.29, 0.717) is 17.9 Å². The average molecular weight is 311 g/mol. The number of nitrogens with one attached hydrogen (secondary N) is 2. The predicted molar refractivity (Wildman–Crippen MR) is 81.9 cm³/mol. The maximum absolute atomic E-state index is 12.1. The van der Waals surface area contributed by atoms with E-state index in [-0.39, 0.29) is 11.1 Å². The lowest BCUT2D eigenvalue weighted by Gasteiger charge is -2.06. The Hall–Kier alpha value is -1.63. The molecule has 0 bridgehead atoms. The summed E-state index contributed by atoms with van der Waals surface area (Å²) in [5.41, 5.74) is 2.80. The van der Waals surface area contributed by atoms with Gasteiger partial charge in [-0.05, 0) is 30.7 Å². The van der Waals surface area contributed by atoms with Gasteiger partial charge in [0.05, 0.1) is 6.54 Å². The average Bonchev–Trinajstić information content (AvgIpc) is 2.92.